The summed E-state index contributed by atoms with van der Waals surface area (Å²) < 4.78 is 5.33. The number of likely N-dealkylation sites (N-methyl/N-ethyl adjacent to an activating group) is 1. The predicted molar refractivity (Wildman–Crippen MR) is 89.5 cm³/mol. The van der Waals surface area contributed by atoms with Crippen molar-refractivity contribution in [2.45, 2.75) is 26.3 Å². The number of methoxy groups -OCH3 is 1. The van der Waals surface area contributed by atoms with Crippen LogP contribution in [-0.2, 0) is 0 Å². The van der Waals surface area contributed by atoms with Gasteiger partial charge in [0, 0.05) is 19.1 Å². The first-order chi connectivity index (χ1) is 9.92. The molecule has 21 heavy (non-hydrogen) atoms. The fourth-order valence-corrected chi connectivity index (χ4v) is 2.67. The smallest absolute Gasteiger partial charge is 0.263 e. The highest BCUT2D eigenvalue weighted by atomic mass is 32.1. The molecule has 120 valence electrons. The number of nitrogen functional groups attached to an aromatic ring is 1. The van der Waals surface area contributed by atoms with Gasteiger partial charge in [-0.05, 0) is 27.4 Å². The van der Waals surface area contributed by atoms with Crippen LogP contribution in [-0.4, -0.2) is 51.1 Å². The Morgan fingerprint density at radius 2 is 2.14 bits per heavy atom. The van der Waals surface area contributed by atoms with Crippen molar-refractivity contribution in [1.29, 1.82) is 0 Å². The third-order valence-corrected chi connectivity index (χ3v) is 4.43. The maximum absolute atomic E-state index is 12.1. The van der Waals surface area contributed by atoms with Gasteiger partial charge in [-0.15, -0.1) is 11.3 Å². The van der Waals surface area contributed by atoms with Crippen LogP contribution in [0.4, 0.5) is 10.7 Å². The standard InChI is InChI=1S/C14H26N4O2S/c1-6-7-16-13(19)12-10(15)11(20-5)14(21-12)17-8-9(2)18(3)4/h9,17H,6-8,15H2,1-5H3,(H,16,19). The van der Waals surface area contributed by atoms with Crippen LogP contribution in [0.15, 0.2) is 0 Å². The lowest BCUT2D eigenvalue weighted by Gasteiger charge is -2.20. The van der Waals surface area contributed by atoms with Gasteiger partial charge >= 0.3 is 0 Å². The molecule has 0 fully saturated rings. The Morgan fingerprint density at radius 3 is 2.67 bits per heavy atom. The van der Waals surface area contributed by atoms with Crippen LogP contribution >= 0.6 is 11.3 Å². The summed E-state index contributed by atoms with van der Waals surface area (Å²) in [6.45, 7) is 5.51. The Kier molecular flexibility index (Phi) is 6.77. The van der Waals surface area contributed by atoms with Gasteiger partial charge < -0.3 is 26.0 Å². The second-order valence-corrected chi connectivity index (χ2v) is 6.18. The SMILES string of the molecule is CCCNC(=O)c1sc(NCC(C)N(C)C)c(OC)c1N. The zero-order chi connectivity index (χ0) is 16.0. The molecule has 1 amide bonds. The summed E-state index contributed by atoms with van der Waals surface area (Å²) >= 11 is 1.33. The normalized spacial score (nSPS) is 12.3. The third kappa shape index (κ3) is 4.50. The van der Waals surface area contributed by atoms with Crippen molar-refractivity contribution in [3.05, 3.63) is 4.88 Å². The van der Waals surface area contributed by atoms with Crippen LogP contribution in [0.2, 0.25) is 0 Å². The van der Waals surface area contributed by atoms with E-state index in [0.717, 1.165) is 18.0 Å². The van der Waals surface area contributed by atoms with Crippen molar-refractivity contribution in [3.63, 3.8) is 0 Å². The summed E-state index contributed by atoms with van der Waals surface area (Å²) in [5.41, 5.74) is 6.43. The molecule has 6 nitrogen and oxygen atoms in total. The first-order valence-electron chi connectivity index (χ1n) is 7.07. The lowest BCUT2D eigenvalue weighted by Crippen LogP contribution is -2.31. The van der Waals surface area contributed by atoms with Crippen LogP contribution in [0.3, 0.4) is 0 Å². The van der Waals surface area contributed by atoms with E-state index in [2.05, 4.69) is 22.5 Å². The average Bonchev–Trinajstić information content (AvgIpc) is 2.78. The highest BCUT2D eigenvalue weighted by Gasteiger charge is 2.21. The number of nitrogens with zero attached hydrogens (tertiary/aromatic N) is 1. The molecule has 1 atom stereocenters. The second kappa shape index (κ2) is 8.09. The monoisotopic (exact) mass is 314 g/mol. The van der Waals surface area contributed by atoms with Gasteiger partial charge in [0.05, 0.1) is 7.11 Å². The van der Waals surface area contributed by atoms with Crippen LogP contribution in [0, 0.1) is 0 Å². The van der Waals surface area contributed by atoms with E-state index in [1.807, 2.05) is 21.0 Å². The van der Waals surface area contributed by atoms with Gasteiger partial charge in [0.2, 0.25) is 0 Å². The minimum atomic E-state index is -0.147. The summed E-state index contributed by atoms with van der Waals surface area (Å²) in [6, 6.07) is 0.357. The molecule has 0 spiro atoms. The topological polar surface area (TPSA) is 79.6 Å². The van der Waals surface area contributed by atoms with Gasteiger partial charge in [-0.2, -0.15) is 0 Å². The fraction of sp³-hybridized carbons (Fsp3) is 0.643. The van der Waals surface area contributed by atoms with E-state index in [9.17, 15) is 4.79 Å². The van der Waals surface area contributed by atoms with Crippen LogP contribution < -0.4 is 21.1 Å². The number of ether oxygens (including phenoxy) is 1. The number of carbonyl (C=O) groups excluding carboxylic acids is 1. The highest BCUT2D eigenvalue weighted by Crippen LogP contribution is 2.42. The Bertz CT molecular complexity index is 474. The molecule has 0 aliphatic heterocycles. The van der Waals surface area contributed by atoms with Gasteiger partial charge in [-0.3, -0.25) is 4.79 Å². The zero-order valence-electron chi connectivity index (χ0n) is 13.4. The lowest BCUT2D eigenvalue weighted by molar-refractivity contribution is 0.0958. The highest BCUT2D eigenvalue weighted by molar-refractivity contribution is 7.19. The fourth-order valence-electron chi connectivity index (χ4n) is 1.66. The maximum atomic E-state index is 12.1. The molecular weight excluding hydrogens is 288 g/mol. The van der Waals surface area contributed by atoms with E-state index in [4.69, 9.17) is 10.5 Å². The molecular formula is C14H26N4O2S. The average molecular weight is 314 g/mol. The summed E-state index contributed by atoms with van der Waals surface area (Å²) in [4.78, 5) is 14.7. The summed E-state index contributed by atoms with van der Waals surface area (Å²) in [5, 5.41) is 6.94. The molecule has 0 radical (unpaired) electrons. The summed E-state index contributed by atoms with van der Waals surface area (Å²) in [6.07, 6.45) is 0.889. The minimum Gasteiger partial charge on any atom is -0.492 e. The Labute approximate surface area is 130 Å². The largest absolute Gasteiger partial charge is 0.492 e. The van der Waals surface area contributed by atoms with E-state index < -0.39 is 0 Å². The lowest BCUT2D eigenvalue weighted by atomic mass is 10.3. The van der Waals surface area contributed by atoms with Crippen molar-refractivity contribution < 1.29 is 9.53 Å². The number of amides is 1. The number of anilines is 2. The van der Waals surface area contributed by atoms with E-state index >= 15 is 0 Å². The molecule has 0 bridgehead atoms. The maximum Gasteiger partial charge on any atom is 0.263 e. The molecule has 0 aliphatic carbocycles. The molecule has 1 rings (SSSR count). The number of hydrogen-bond acceptors (Lipinski definition) is 6. The number of nitrogens with two attached hydrogens (primary N) is 1. The number of carbonyl (C=O) groups is 1. The molecule has 1 aromatic rings. The van der Waals surface area contributed by atoms with E-state index in [1.165, 1.54) is 11.3 Å². The van der Waals surface area contributed by atoms with E-state index in [-0.39, 0.29) is 5.91 Å². The molecule has 1 heterocycles. The van der Waals surface area contributed by atoms with Crippen LogP contribution in [0.5, 0.6) is 5.75 Å². The predicted octanol–water partition coefficient (Wildman–Crippen LogP) is 1.84. The molecule has 0 saturated heterocycles. The van der Waals surface area contributed by atoms with Gasteiger partial charge in [-0.1, -0.05) is 6.92 Å². The first kappa shape index (κ1) is 17.6. The number of rotatable bonds is 8. The van der Waals surface area contributed by atoms with Crippen molar-refractivity contribution in [2.24, 2.45) is 0 Å². The molecule has 1 unspecified atom stereocenters. The van der Waals surface area contributed by atoms with Crippen molar-refractivity contribution in [2.75, 3.05) is 45.3 Å². The van der Waals surface area contributed by atoms with Crippen molar-refractivity contribution >= 4 is 27.9 Å². The molecule has 0 aliphatic rings. The summed E-state index contributed by atoms with van der Waals surface area (Å²) in [5.74, 6) is 0.402. The van der Waals surface area contributed by atoms with Crippen molar-refractivity contribution in [1.82, 2.24) is 10.2 Å². The Hall–Kier alpha value is -1.47. The Balaban J connectivity index is 2.87. The van der Waals surface area contributed by atoms with Gasteiger partial charge in [0.1, 0.15) is 15.6 Å². The van der Waals surface area contributed by atoms with Gasteiger partial charge in [-0.25, -0.2) is 0 Å². The number of nitrogens with one attached hydrogen (secondary N) is 2. The Morgan fingerprint density at radius 1 is 1.48 bits per heavy atom. The third-order valence-electron chi connectivity index (χ3n) is 3.29. The van der Waals surface area contributed by atoms with Gasteiger partial charge in [0.25, 0.3) is 5.91 Å². The second-order valence-electron chi connectivity index (χ2n) is 5.16. The number of hydrogen-bond donors (Lipinski definition) is 3. The first-order valence-corrected chi connectivity index (χ1v) is 7.88. The van der Waals surface area contributed by atoms with Crippen LogP contribution in [0.1, 0.15) is 29.9 Å². The molecule has 7 heteroatoms. The van der Waals surface area contributed by atoms with E-state index in [1.54, 1.807) is 7.11 Å². The molecule has 1 aromatic heterocycles. The molecule has 0 saturated carbocycles. The van der Waals surface area contributed by atoms with Crippen LogP contribution in [0.25, 0.3) is 0 Å². The zero-order valence-corrected chi connectivity index (χ0v) is 14.3. The minimum absolute atomic E-state index is 0.147. The summed E-state index contributed by atoms with van der Waals surface area (Å²) in [7, 11) is 5.61. The van der Waals surface area contributed by atoms with Crippen molar-refractivity contribution in [3.8, 4) is 5.75 Å². The molecule has 4 N–H and O–H groups in total. The van der Waals surface area contributed by atoms with E-state index in [0.29, 0.717) is 28.9 Å². The molecule has 0 aromatic carbocycles. The number of thiophene rings is 1. The van der Waals surface area contributed by atoms with Gasteiger partial charge in [0.15, 0.2) is 5.75 Å². The quantitative estimate of drug-likeness (QED) is 0.682.